The van der Waals surface area contributed by atoms with E-state index in [1.54, 1.807) is 24.4 Å². The zero-order valence-electron chi connectivity index (χ0n) is 9.73. The summed E-state index contributed by atoms with van der Waals surface area (Å²) < 4.78 is 19.3. The maximum Gasteiger partial charge on any atom is 0.165 e. The zero-order chi connectivity index (χ0) is 13.1. The fourth-order valence-electron chi connectivity index (χ4n) is 1.62. The van der Waals surface area contributed by atoms with E-state index in [9.17, 15) is 4.39 Å². The lowest BCUT2D eigenvalue weighted by atomic mass is 10.0. The van der Waals surface area contributed by atoms with Gasteiger partial charge in [0.2, 0.25) is 0 Å². The van der Waals surface area contributed by atoms with Crippen LogP contribution in [0.3, 0.4) is 0 Å². The van der Waals surface area contributed by atoms with Crippen LogP contribution in [0.25, 0.3) is 0 Å². The number of nitrogens with two attached hydrogens (primary N) is 1. The Morgan fingerprint density at radius 3 is 2.67 bits per heavy atom. The lowest BCUT2D eigenvalue weighted by Crippen LogP contribution is -2.13. The fraction of sp³-hybridized carbons (Fsp3) is 0.154. The van der Waals surface area contributed by atoms with E-state index in [1.165, 1.54) is 13.2 Å². The van der Waals surface area contributed by atoms with Gasteiger partial charge in [-0.15, -0.1) is 0 Å². The van der Waals surface area contributed by atoms with Crippen molar-refractivity contribution in [3.63, 3.8) is 0 Å². The van der Waals surface area contributed by atoms with Gasteiger partial charge in [0.25, 0.3) is 0 Å². The van der Waals surface area contributed by atoms with Crippen molar-refractivity contribution in [3.8, 4) is 5.75 Å². The Morgan fingerprint density at radius 1 is 1.33 bits per heavy atom. The molecule has 1 aromatic carbocycles. The summed E-state index contributed by atoms with van der Waals surface area (Å²) in [7, 11) is 1.42. The average molecular weight is 311 g/mol. The first kappa shape index (κ1) is 13.0. The van der Waals surface area contributed by atoms with Crippen LogP contribution in [0.15, 0.2) is 41.0 Å². The molecule has 94 valence electrons. The summed E-state index contributed by atoms with van der Waals surface area (Å²) in [5, 5.41) is 0. The van der Waals surface area contributed by atoms with Gasteiger partial charge in [-0.2, -0.15) is 0 Å². The molecule has 0 aliphatic carbocycles. The maximum atomic E-state index is 13.6. The minimum absolute atomic E-state index is 0.203. The second kappa shape index (κ2) is 5.46. The number of pyridine rings is 1. The van der Waals surface area contributed by atoms with E-state index >= 15 is 0 Å². The van der Waals surface area contributed by atoms with Gasteiger partial charge in [0.15, 0.2) is 11.6 Å². The summed E-state index contributed by atoms with van der Waals surface area (Å²) in [6.45, 7) is 0. The van der Waals surface area contributed by atoms with Gasteiger partial charge in [0.1, 0.15) is 0 Å². The molecule has 2 aromatic rings. The van der Waals surface area contributed by atoms with Gasteiger partial charge < -0.3 is 10.5 Å². The molecule has 3 nitrogen and oxygen atoms in total. The molecule has 0 bridgehead atoms. The Labute approximate surface area is 113 Å². The molecule has 2 rings (SSSR count). The first-order valence-corrected chi connectivity index (χ1v) is 6.11. The molecule has 2 N–H and O–H groups in total. The molecule has 1 aromatic heterocycles. The monoisotopic (exact) mass is 310 g/mol. The third-order valence-electron chi connectivity index (χ3n) is 2.60. The number of hydrogen-bond donors (Lipinski definition) is 1. The Balaban J connectivity index is 2.31. The van der Waals surface area contributed by atoms with E-state index in [2.05, 4.69) is 20.9 Å². The highest BCUT2D eigenvalue weighted by Gasteiger charge is 2.13. The van der Waals surface area contributed by atoms with Crippen LogP contribution in [0.1, 0.15) is 17.3 Å². The number of nitrogens with zero attached hydrogens (tertiary/aromatic N) is 1. The van der Waals surface area contributed by atoms with Crippen molar-refractivity contribution in [1.29, 1.82) is 0 Å². The highest BCUT2D eigenvalue weighted by Crippen LogP contribution is 2.24. The van der Waals surface area contributed by atoms with Crippen molar-refractivity contribution >= 4 is 15.9 Å². The summed E-state index contributed by atoms with van der Waals surface area (Å²) in [5.74, 6) is -0.225. The first-order valence-electron chi connectivity index (χ1n) is 5.32. The van der Waals surface area contributed by atoms with Gasteiger partial charge in [-0.1, -0.05) is 6.07 Å². The molecule has 0 saturated carbocycles. The smallest absolute Gasteiger partial charge is 0.165 e. The predicted octanol–water partition coefficient (Wildman–Crippen LogP) is 3.04. The second-order valence-corrected chi connectivity index (χ2v) is 4.69. The van der Waals surface area contributed by atoms with Crippen LogP contribution in [-0.4, -0.2) is 12.1 Å². The first-order chi connectivity index (χ1) is 8.61. The number of methoxy groups -OCH3 is 1. The minimum Gasteiger partial charge on any atom is -0.494 e. The SMILES string of the molecule is COc1ccc(C(N)c2ccc(Br)cn2)cc1F. The van der Waals surface area contributed by atoms with E-state index in [4.69, 9.17) is 10.5 Å². The van der Waals surface area contributed by atoms with Crippen LogP contribution < -0.4 is 10.5 Å². The Hall–Kier alpha value is -1.46. The molecule has 1 heterocycles. The number of benzene rings is 1. The molecule has 0 amide bonds. The molecule has 0 radical (unpaired) electrons. The molecule has 18 heavy (non-hydrogen) atoms. The minimum atomic E-state index is -0.460. The highest BCUT2D eigenvalue weighted by molar-refractivity contribution is 9.10. The molecule has 5 heteroatoms. The summed E-state index contributed by atoms with van der Waals surface area (Å²) in [6.07, 6.45) is 1.66. The predicted molar refractivity (Wildman–Crippen MR) is 70.9 cm³/mol. The fourth-order valence-corrected chi connectivity index (χ4v) is 1.85. The number of ether oxygens (including phenoxy) is 1. The van der Waals surface area contributed by atoms with Crippen molar-refractivity contribution in [1.82, 2.24) is 4.98 Å². The normalized spacial score (nSPS) is 12.2. The van der Waals surface area contributed by atoms with Crippen LogP contribution in [0.2, 0.25) is 0 Å². The average Bonchev–Trinajstić information content (AvgIpc) is 2.38. The Bertz CT molecular complexity index is 545. The molecular weight excluding hydrogens is 299 g/mol. The van der Waals surface area contributed by atoms with E-state index in [0.29, 0.717) is 11.3 Å². The molecule has 0 spiro atoms. The van der Waals surface area contributed by atoms with Crippen molar-refractivity contribution in [2.75, 3.05) is 7.11 Å². The van der Waals surface area contributed by atoms with Gasteiger partial charge in [-0.25, -0.2) is 4.39 Å². The van der Waals surface area contributed by atoms with Gasteiger partial charge in [-0.3, -0.25) is 4.98 Å². The summed E-state index contributed by atoms with van der Waals surface area (Å²) in [6, 6.07) is 7.85. The topological polar surface area (TPSA) is 48.1 Å². The molecule has 0 fully saturated rings. The summed E-state index contributed by atoms with van der Waals surface area (Å²) in [4.78, 5) is 4.20. The third-order valence-corrected chi connectivity index (χ3v) is 3.07. The van der Waals surface area contributed by atoms with Gasteiger partial charge in [0, 0.05) is 10.7 Å². The molecule has 0 saturated heterocycles. The molecule has 1 atom stereocenters. The van der Waals surface area contributed by atoms with E-state index in [-0.39, 0.29) is 5.75 Å². The van der Waals surface area contributed by atoms with Crippen LogP contribution in [-0.2, 0) is 0 Å². The lowest BCUT2D eigenvalue weighted by Gasteiger charge is -2.12. The van der Waals surface area contributed by atoms with Crippen LogP contribution in [0.5, 0.6) is 5.75 Å². The highest BCUT2D eigenvalue weighted by atomic mass is 79.9. The summed E-state index contributed by atoms with van der Waals surface area (Å²) >= 11 is 3.30. The van der Waals surface area contributed by atoms with E-state index in [0.717, 1.165) is 4.47 Å². The maximum absolute atomic E-state index is 13.6. The molecule has 1 unspecified atom stereocenters. The molecule has 0 aliphatic rings. The quantitative estimate of drug-likeness (QED) is 0.948. The summed E-state index contributed by atoms with van der Waals surface area (Å²) in [5.41, 5.74) is 7.38. The second-order valence-electron chi connectivity index (χ2n) is 3.77. The van der Waals surface area contributed by atoms with Crippen LogP contribution >= 0.6 is 15.9 Å². The molecule has 0 aliphatic heterocycles. The lowest BCUT2D eigenvalue weighted by molar-refractivity contribution is 0.386. The van der Waals surface area contributed by atoms with Crippen molar-refractivity contribution in [3.05, 3.63) is 58.1 Å². The number of hydrogen-bond acceptors (Lipinski definition) is 3. The van der Waals surface area contributed by atoms with Crippen LogP contribution in [0.4, 0.5) is 4.39 Å². The number of aromatic nitrogens is 1. The van der Waals surface area contributed by atoms with E-state index in [1.807, 2.05) is 6.07 Å². The molecular formula is C13H12BrFN2O. The Morgan fingerprint density at radius 2 is 2.11 bits per heavy atom. The van der Waals surface area contributed by atoms with Gasteiger partial charge in [0.05, 0.1) is 18.8 Å². The number of rotatable bonds is 3. The van der Waals surface area contributed by atoms with E-state index < -0.39 is 11.9 Å². The standard InChI is InChI=1S/C13H12BrFN2O/c1-18-12-5-2-8(6-10(12)15)13(16)11-4-3-9(14)7-17-11/h2-7,13H,16H2,1H3. The number of halogens is 2. The van der Waals surface area contributed by atoms with Crippen molar-refractivity contribution in [2.24, 2.45) is 5.73 Å². The van der Waals surface area contributed by atoms with Crippen molar-refractivity contribution < 1.29 is 9.13 Å². The van der Waals surface area contributed by atoms with Gasteiger partial charge in [-0.05, 0) is 45.8 Å². The van der Waals surface area contributed by atoms with Crippen LogP contribution in [0, 0.1) is 5.82 Å². The van der Waals surface area contributed by atoms with Gasteiger partial charge >= 0.3 is 0 Å². The Kier molecular flexibility index (Phi) is 3.93. The third kappa shape index (κ3) is 2.68. The van der Waals surface area contributed by atoms with Crippen molar-refractivity contribution in [2.45, 2.75) is 6.04 Å². The zero-order valence-corrected chi connectivity index (χ0v) is 11.3. The largest absolute Gasteiger partial charge is 0.494 e.